The second-order valence-corrected chi connectivity index (χ2v) is 4.50. The van der Waals surface area contributed by atoms with Gasteiger partial charge in [0.1, 0.15) is 0 Å². The second kappa shape index (κ2) is 5.88. The lowest BCUT2D eigenvalue weighted by Gasteiger charge is -2.09. The summed E-state index contributed by atoms with van der Waals surface area (Å²) in [5, 5.41) is 20.4. The van der Waals surface area contributed by atoms with Crippen LogP contribution in [0.4, 0.5) is 5.69 Å². The number of amides is 1. The Morgan fingerprint density at radius 3 is 2.38 bits per heavy atom. The molecule has 0 heterocycles. The Balaban J connectivity index is 2.27. The predicted octanol–water partition coefficient (Wildman–Crippen LogP) is 2.82. The van der Waals surface area contributed by atoms with Gasteiger partial charge in [0.2, 0.25) is 0 Å². The Labute approximate surface area is 121 Å². The summed E-state index contributed by atoms with van der Waals surface area (Å²) in [6.07, 6.45) is 0. The van der Waals surface area contributed by atoms with Gasteiger partial charge in [-0.25, -0.2) is 4.79 Å². The van der Waals surface area contributed by atoms with Crippen LogP contribution in [0, 0.1) is 18.3 Å². The highest BCUT2D eigenvalue weighted by Gasteiger charge is 2.13. The SMILES string of the molecule is Cc1ccc(NC(=O)c2ccc(C#N)cc2)c(C(=O)O)c1. The van der Waals surface area contributed by atoms with Crippen molar-refractivity contribution in [3.63, 3.8) is 0 Å². The molecule has 0 fully saturated rings. The Bertz CT molecular complexity index is 743. The monoisotopic (exact) mass is 280 g/mol. The van der Waals surface area contributed by atoms with Crippen molar-refractivity contribution < 1.29 is 14.7 Å². The fourth-order valence-corrected chi connectivity index (χ4v) is 1.83. The van der Waals surface area contributed by atoms with E-state index >= 15 is 0 Å². The predicted molar refractivity (Wildman–Crippen MR) is 77.2 cm³/mol. The lowest BCUT2D eigenvalue weighted by Crippen LogP contribution is -2.15. The molecule has 0 aliphatic heterocycles. The Hall–Kier alpha value is -3.13. The molecule has 0 aliphatic carbocycles. The number of benzene rings is 2. The molecule has 0 radical (unpaired) electrons. The maximum absolute atomic E-state index is 12.1. The molecule has 2 N–H and O–H groups in total. The summed E-state index contributed by atoms with van der Waals surface area (Å²) in [5.41, 5.74) is 1.88. The van der Waals surface area contributed by atoms with Gasteiger partial charge in [0, 0.05) is 5.56 Å². The molecule has 104 valence electrons. The summed E-state index contributed by atoms with van der Waals surface area (Å²) in [6, 6.07) is 12.8. The van der Waals surface area contributed by atoms with Gasteiger partial charge in [-0.3, -0.25) is 4.79 Å². The molecule has 2 aromatic rings. The minimum Gasteiger partial charge on any atom is -0.478 e. The van der Waals surface area contributed by atoms with E-state index in [9.17, 15) is 9.59 Å². The average molecular weight is 280 g/mol. The Morgan fingerprint density at radius 2 is 1.81 bits per heavy atom. The molecule has 1 amide bonds. The van der Waals surface area contributed by atoms with E-state index in [0.717, 1.165) is 5.56 Å². The van der Waals surface area contributed by atoms with Gasteiger partial charge in [0.15, 0.2) is 0 Å². The largest absolute Gasteiger partial charge is 0.478 e. The summed E-state index contributed by atoms with van der Waals surface area (Å²) >= 11 is 0. The first-order valence-electron chi connectivity index (χ1n) is 6.16. The van der Waals surface area contributed by atoms with Gasteiger partial charge in [0.25, 0.3) is 5.91 Å². The quantitative estimate of drug-likeness (QED) is 0.904. The van der Waals surface area contributed by atoms with Crippen LogP contribution in [0.2, 0.25) is 0 Å². The number of carboxylic acids is 1. The van der Waals surface area contributed by atoms with Gasteiger partial charge in [-0.05, 0) is 43.3 Å². The topological polar surface area (TPSA) is 90.2 Å². The van der Waals surface area contributed by atoms with Crippen molar-refractivity contribution in [2.75, 3.05) is 5.32 Å². The Morgan fingerprint density at radius 1 is 1.14 bits per heavy atom. The number of aryl methyl sites for hydroxylation is 1. The minimum atomic E-state index is -1.10. The summed E-state index contributed by atoms with van der Waals surface area (Å²) in [4.78, 5) is 23.3. The number of carbonyl (C=O) groups excluding carboxylic acids is 1. The summed E-state index contributed by atoms with van der Waals surface area (Å²) in [7, 11) is 0. The van der Waals surface area contributed by atoms with E-state index in [1.165, 1.54) is 30.3 Å². The number of hydrogen-bond acceptors (Lipinski definition) is 3. The van der Waals surface area contributed by atoms with Gasteiger partial charge >= 0.3 is 5.97 Å². The van der Waals surface area contributed by atoms with Crippen LogP contribution in [0.15, 0.2) is 42.5 Å². The third-order valence-corrected chi connectivity index (χ3v) is 2.93. The number of carbonyl (C=O) groups is 2. The smallest absolute Gasteiger partial charge is 0.337 e. The van der Waals surface area contributed by atoms with Gasteiger partial charge in [0.05, 0.1) is 22.9 Å². The first-order chi connectivity index (χ1) is 10.0. The normalized spacial score (nSPS) is 9.71. The van der Waals surface area contributed by atoms with Crippen LogP contribution in [-0.4, -0.2) is 17.0 Å². The number of nitrogens with zero attached hydrogens (tertiary/aromatic N) is 1. The van der Waals surface area contributed by atoms with E-state index < -0.39 is 11.9 Å². The Kier molecular flexibility index (Phi) is 4.00. The molecular formula is C16H12N2O3. The van der Waals surface area contributed by atoms with Crippen molar-refractivity contribution in [2.45, 2.75) is 6.92 Å². The first kappa shape index (κ1) is 14.3. The zero-order chi connectivity index (χ0) is 15.4. The highest BCUT2D eigenvalue weighted by atomic mass is 16.4. The van der Waals surface area contributed by atoms with Crippen molar-refractivity contribution in [1.29, 1.82) is 5.26 Å². The van der Waals surface area contributed by atoms with Crippen LogP contribution in [0.5, 0.6) is 0 Å². The molecule has 21 heavy (non-hydrogen) atoms. The maximum Gasteiger partial charge on any atom is 0.337 e. The summed E-state index contributed by atoms with van der Waals surface area (Å²) in [5.74, 6) is -1.53. The van der Waals surface area contributed by atoms with E-state index in [1.54, 1.807) is 19.1 Å². The minimum absolute atomic E-state index is 0.0389. The van der Waals surface area contributed by atoms with E-state index in [-0.39, 0.29) is 11.3 Å². The maximum atomic E-state index is 12.1. The van der Waals surface area contributed by atoms with Gasteiger partial charge in [-0.1, -0.05) is 11.6 Å². The lowest BCUT2D eigenvalue weighted by molar-refractivity contribution is 0.0698. The zero-order valence-corrected chi connectivity index (χ0v) is 11.3. The zero-order valence-electron chi connectivity index (χ0n) is 11.3. The third-order valence-electron chi connectivity index (χ3n) is 2.93. The number of nitrogens with one attached hydrogen (secondary N) is 1. The molecule has 0 aliphatic rings. The van der Waals surface area contributed by atoms with Crippen LogP contribution in [-0.2, 0) is 0 Å². The summed E-state index contributed by atoms with van der Waals surface area (Å²) < 4.78 is 0. The number of aromatic carboxylic acids is 1. The standard InChI is InChI=1S/C16H12N2O3/c1-10-2-7-14(13(8-10)16(20)21)18-15(19)12-5-3-11(9-17)4-6-12/h2-8H,1H3,(H,18,19)(H,20,21). The molecule has 5 heteroatoms. The van der Waals surface area contributed by atoms with E-state index in [0.29, 0.717) is 11.1 Å². The highest BCUT2D eigenvalue weighted by molar-refractivity contribution is 6.07. The molecule has 2 aromatic carbocycles. The number of anilines is 1. The molecule has 0 bridgehead atoms. The van der Waals surface area contributed by atoms with Gasteiger partial charge in [-0.2, -0.15) is 5.26 Å². The van der Waals surface area contributed by atoms with Crippen molar-refractivity contribution >= 4 is 17.6 Å². The number of hydrogen-bond donors (Lipinski definition) is 2. The van der Waals surface area contributed by atoms with E-state index in [4.69, 9.17) is 10.4 Å². The molecule has 0 saturated carbocycles. The fourth-order valence-electron chi connectivity index (χ4n) is 1.83. The third kappa shape index (κ3) is 3.25. The van der Waals surface area contributed by atoms with Crippen molar-refractivity contribution in [1.82, 2.24) is 0 Å². The number of carboxylic acid groups (broad SMARTS) is 1. The van der Waals surface area contributed by atoms with Crippen molar-refractivity contribution in [3.05, 3.63) is 64.7 Å². The van der Waals surface area contributed by atoms with Crippen molar-refractivity contribution in [2.24, 2.45) is 0 Å². The van der Waals surface area contributed by atoms with Gasteiger partial charge < -0.3 is 10.4 Å². The highest BCUT2D eigenvalue weighted by Crippen LogP contribution is 2.18. The number of nitriles is 1. The molecule has 0 saturated heterocycles. The summed E-state index contributed by atoms with van der Waals surface area (Å²) in [6.45, 7) is 1.78. The van der Waals surface area contributed by atoms with E-state index in [1.807, 2.05) is 6.07 Å². The molecule has 2 rings (SSSR count). The van der Waals surface area contributed by atoms with Crippen LogP contribution >= 0.6 is 0 Å². The van der Waals surface area contributed by atoms with Crippen LogP contribution in [0.1, 0.15) is 31.8 Å². The fraction of sp³-hybridized carbons (Fsp3) is 0.0625. The molecule has 0 aromatic heterocycles. The molecule has 0 atom stereocenters. The first-order valence-corrected chi connectivity index (χ1v) is 6.16. The van der Waals surface area contributed by atoms with Crippen LogP contribution in [0.25, 0.3) is 0 Å². The lowest BCUT2D eigenvalue weighted by atomic mass is 10.1. The van der Waals surface area contributed by atoms with Gasteiger partial charge in [-0.15, -0.1) is 0 Å². The van der Waals surface area contributed by atoms with Crippen molar-refractivity contribution in [3.8, 4) is 6.07 Å². The van der Waals surface area contributed by atoms with E-state index in [2.05, 4.69) is 5.32 Å². The molecule has 0 unspecified atom stereocenters. The molecule has 0 spiro atoms. The molecule has 5 nitrogen and oxygen atoms in total. The van der Waals surface area contributed by atoms with Crippen LogP contribution < -0.4 is 5.32 Å². The second-order valence-electron chi connectivity index (χ2n) is 4.50. The molecular weight excluding hydrogens is 268 g/mol. The average Bonchev–Trinajstić information content (AvgIpc) is 2.49. The number of rotatable bonds is 3. The van der Waals surface area contributed by atoms with Crippen LogP contribution in [0.3, 0.4) is 0 Å².